The van der Waals surface area contributed by atoms with Crippen LogP contribution in [0.5, 0.6) is 0 Å². The molecule has 0 aliphatic heterocycles. The molecule has 6 nitrogen and oxygen atoms in total. The van der Waals surface area contributed by atoms with Crippen molar-refractivity contribution in [3.63, 3.8) is 0 Å². The Morgan fingerprint density at radius 1 is 0.960 bits per heavy atom. The highest BCUT2D eigenvalue weighted by atomic mass is 16.4. The Balaban J connectivity index is 1.57. The Morgan fingerprint density at radius 2 is 1.80 bits per heavy atom. The molecule has 0 bridgehead atoms. The van der Waals surface area contributed by atoms with Gasteiger partial charge < -0.3 is 19.5 Å². The minimum Gasteiger partial charge on any atom is -0.461 e. The molecule has 3 rings (SSSR count). The molecule has 0 spiro atoms. The van der Waals surface area contributed by atoms with Crippen molar-refractivity contribution in [2.24, 2.45) is 0 Å². The van der Waals surface area contributed by atoms with Gasteiger partial charge in [0.25, 0.3) is 0 Å². The molecular weight excluding hydrogens is 320 g/mol. The lowest BCUT2D eigenvalue weighted by atomic mass is 10.1. The molecule has 0 unspecified atom stereocenters. The highest BCUT2D eigenvalue weighted by Gasteiger charge is 2.16. The molecule has 0 saturated carbocycles. The van der Waals surface area contributed by atoms with Gasteiger partial charge in [0.15, 0.2) is 11.5 Å². The lowest BCUT2D eigenvalue weighted by molar-refractivity contribution is -0.136. The van der Waals surface area contributed by atoms with Crippen molar-refractivity contribution in [1.29, 1.82) is 0 Å². The van der Waals surface area contributed by atoms with Crippen LogP contribution in [-0.4, -0.2) is 11.8 Å². The Labute approximate surface area is 144 Å². The molecule has 128 valence electrons. The van der Waals surface area contributed by atoms with Crippen LogP contribution in [0.2, 0.25) is 0 Å². The van der Waals surface area contributed by atoms with E-state index in [0.717, 1.165) is 11.1 Å². The summed E-state index contributed by atoms with van der Waals surface area (Å²) in [5, 5.41) is 5.15. The highest BCUT2D eigenvalue weighted by molar-refractivity contribution is 6.39. The summed E-state index contributed by atoms with van der Waals surface area (Å²) in [4.78, 5) is 24.0. The molecule has 2 N–H and O–H groups in total. The third-order valence-corrected chi connectivity index (χ3v) is 3.91. The Bertz CT molecular complexity index is 894. The third kappa shape index (κ3) is 3.80. The van der Waals surface area contributed by atoms with Crippen LogP contribution < -0.4 is 10.6 Å². The number of hydrogen-bond acceptors (Lipinski definition) is 4. The number of benzene rings is 1. The first-order valence-electron chi connectivity index (χ1n) is 7.82. The minimum absolute atomic E-state index is 0.111. The number of amides is 2. The predicted molar refractivity (Wildman–Crippen MR) is 92.8 cm³/mol. The fourth-order valence-corrected chi connectivity index (χ4v) is 2.34. The molecule has 0 atom stereocenters. The summed E-state index contributed by atoms with van der Waals surface area (Å²) in [7, 11) is 0. The number of anilines is 1. The van der Waals surface area contributed by atoms with Crippen molar-refractivity contribution in [2.75, 3.05) is 5.32 Å². The van der Waals surface area contributed by atoms with Gasteiger partial charge in [0, 0.05) is 5.69 Å². The Kier molecular flexibility index (Phi) is 4.70. The van der Waals surface area contributed by atoms with Gasteiger partial charge in [-0.1, -0.05) is 12.1 Å². The van der Waals surface area contributed by atoms with Gasteiger partial charge in [0.05, 0.1) is 12.8 Å². The summed E-state index contributed by atoms with van der Waals surface area (Å²) in [5.41, 5.74) is 2.59. The second kappa shape index (κ2) is 7.09. The van der Waals surface area contributed by atoms with Crippen LogP contribution >= 0.6 is 0 Å². The summed E-state index contributed by atoms with van der Waals surface area (Å²) in [6.07, 6.45) is 1.55. The van der Waals surface area contributed by atoms with Gasteiger partial charge in [-0.25, -0.2) is 0 Å². The van der Waals surface area contributed by atoms with E-state index < -0.39 is 11.8 Å². The SMILES string of the molecule is Cc1cccc(NC(=O)C(=O)NCc2ccc(-c3ccco3)o2)c1C. The van der Waals surface area contributed by atoms with Crippen molar-refractivity contribution in [3.8, 4) is 11.5 Å². The monoisotopic (exact) mass is 338 g/mol. The summed E-state index contributed by atoms with van der Waals surface area (Å²) >= 11 is 0. The number of furan rings is 2. The van der Waals surface area contributed by atoms with E-state index in [1.807, 2.05) is 26.0 Å². The second-order valence-electron chi connectivity index (χ2n) is 5.63. The first kappa shape index (κ1) is 16.6. The van der Waals surface area contributed by atoms with Gasteiger partial charge in [-0.2, -0.15) is 0 Å². The van der Waals surface area contributed by atoms with Crippen LogP contribution in [0.4, 0.5) is 5.69 Å². The molecule has 2 aromatic heterocycles. The zero-order valence-electron chi connectivity index (χ0n) is 14.0. The van der Waals surface area contributed by atoms with Crippen LogP contribution in [0.15, 0.2) is 57.6 Å². The fraction of sp³-hybridized carbons (Fsp3) is 0.158. The van der Waals surface area contributed by atoms with Crippen LogP contribution in [0.25, 0.3) is 11.5 Å². The molecule has 0 fully saturated rings. The van der Waals surface area contributed by atoms with Crippen LogP contribution in [0, 0.1) is 13.8 Å². The molecule has 25 heavy (non-hydrogen) atoms. The zero-order valence-corrected chi connectivity index (χ0v) is 14.0. The van der Waals surface area contributed by atoms with E-state index in [4.69, 9.17) is 8.83 Å². The molecule has 0 aliphatic rings. The maximum absolute atomic E-state index is 12.0. The van der Waals surface area contributed by atoms with Gasteiger partial charge in [-0.3, -0.25) is 9.59 Å². The lowest BCUT2D eigenvalue weighted by Crippen LogP contribution is -2.35. The number of nitrogens with one attached hydrogen (secondary N) is 2. The number of rotatable bonds is 4. The lowest BCUT2D eigenvalue weighted by Gasteiger charge is -2.10. The van der Waals surface area contributed by atoms with Crippen LogP contribution in [0.3, 0.4) is 0 Å². The van der Waals surface area contributed by atoms with E-state index >= 15 is 0 Å². The van der Waals surface area contributed by atoms with Gasteiger partial charge in [-0.05, 0) is 55.3 Å². The normalized spacial score (nSPS) is 10.5. The maximum atomic E-state index is 12.0. The van der Waals surface area contributed by atoms with Gasteiger partial charge in [-0.15, -0.1) is 0 Å². The molecule has 0 radical (unpaired) electrons. The fourth-order valence-electron chi connectivity index (χ4n) is 2.34. The molecule has 3 aromatic rings. The number of carbonyl (C=O) groups is 2. The molecule has 6 heteroatoms. The maximum Gasteiger partial charge on any atom is 0.313 e. The van der Waals surface area contributed by atoms with Gasteiger partial charge in [0.1, 0.15) is 5.76 Å². The van der Waals surface area contributed by atoms with Crippen molar-refractivity contribution in [2.45, 2.75) is 20.4 Å². The standard InChI is InChI=1S/C19H18N2O4/c1-12-5-3-6-15(13(12)2)21-19(23)18(22)20-11-14-8-9-17(25-14)16-7-4-10-24-16/h3-10H,11H2,1-2H3,(H,20,22)(H,21,23). The molecule has 2 heterocycles. The average Bonchev–Trinajstić information content (AvgIpc) is 3.27. The van der Waals surface area contributed by atoms with Crippen molar-refractivity contribution >= 4 is 17.5 Å². The summed E-state index contributed by atoms with van der Waals surface area (Å²) in [6, 6.07) is 12.5. The summed E-state index contributed by atoms with van der Waals surface area (Å²) < 4.78 is 10.8. The highest BCUT2D eigenvalue weighted by Crippen LogP contribution is 2.22. The van der Waals surface area contributed by atoms with E-state index in [9.17, 15) is 9.59 Å². The van der Waals surface area contributed by atoms with E-state index in [1.165, 1.54) is 0 Å². The summed E-state index contributed by atoms with van der Waals surface area (Å²) in [5.74, 6) is 0.252. The van der Waals surface area contributed by atoms with Crippen LogP contribution in [-0.2, 0) is 16.1 Å². The van der Waals surface area contributed by atoms with E-state index in [2.05, 4.69) is 10.6 Å². The van der Waals surface area contributed by atoms with Crippen molar-refractivity contribution in [1.82, 2.24) is 5.32 Å². The predicted octanol–water partition coefficient (Wildman–Crippen LogP) is 3.41. The van der Waals surface area contributed by atoms with E-state index in [1.54, 1.807) is 36.6 Å². The Hall–Kier alpha value is -3.28. The first-order chi connectivity index (χ1) is 12.0. The van der Waals surface area contributed by atoms with Gasteiger partial charge in [0.2, 0.25) is 0 Å². The topological polar surface area (TPSA) is 84.5 Å². The zero-order chi connectivity index (χ0) is 17.8. The number of aryl methyl sites for hydroxylation is 1. The average molecular weight is 338 g/mol. The number of carbonyl (C=O) groups excluding carboxylic acids is 2. The van der Waals surface area contributed by atoms with Crippen molar-refractivity contribution in [3.05, 3.63) is 65.6 Å². The molecular formula is C19H18N2O4. The first-order valence-corrected chi connectivity index (χ1v) is 7.82. The molecule has 1 aromatic carbocycles. The molecule has 0 saturated heterocycles. The second-order valence-corrected chi connectivity index (χ2v) is 5.63. The smallest absolute Gasteiger partial charge is 0.313 e. The number of hydrogen-bond donors (Lipinski definition) is 2. The van der Waals surface area contributed by atoms with E-state index in [-0.39, 0.29) is 6.54 Å². The third-order valence-electron chi connectivity index (χ3n) is 3.91. The van der Waals surface area contributed by atoms with Gasteiger partial charge >= 0.3 is 11.8 Å². The van der Waals surface area contributed by atoms with Crippen LogP contribution in [0.1, 0.15) is 16.9 Å². The molecule has 0 aliphatic carbocycles. The molecule has 2 amide bonds. The largest absolute Gasteiger partial charge is 0.461 e. The Morgan fingerprint density at radius 3 is 2.56 bits per heavy atom. The summed E-state index contributed by atoms with van der Waals surface area (Å²) in [6.45, 7) is 3.94. The van der Waals surface area contributed by atoms with E-state index in [0.29, 0.717) is 23.0 Å². The minimum atomic E-state index is -0.725. The quantitative estimate of drug-likeness (QED) is 0.714. The van der Waals surface area contributed by atoms with Crippen molar-refractivity contribution < 1.29 is 18.4 Å².